The van der Waals surface area contributed by atoms with Gasteiger partial charge in [0, 0.05) is 17.6 Å². The lowest BCUT2D eigenvalue weighted by Gasteiger charge is -2.15. The molecule has 0 spiro atoms. The van der Waals surface area contributed by atoms with Crippen molar-refractivity contribution in [2.24, 2.45) is 0 Å². The van der Waals surface area contributed by atoms with E-state index in [9.17, 15) is 26.0 Å². The molecule has 0 saturated carbocycles. The zero-order valence-electron chi connectivity index (χ0n) is 25.3. The van der Waals surface area contributed by atoms with Gasteiger partial charge in [0.05, 0.1) is 29.2 Å². The zero-order chi connectivity index (χ0) is 33.1. The van der Waals surface area contributed by atoms with E-state index in [4.69, 9.17) is 13.7 Å². The summed E-state index contributed by atoms with van der Waals surface area (Å²) in [5.74, 6) is -1.36. The minimum Gasteiger partial charge on any atom is -0.465 e. The molecule has 13 heteroatoms. The molecule has 5 rings (SSSR count). The monoisotopic (exact) mass is 666 g/mol. The fourth-order valence-corrected chi connectivity index (χ4v) is 7.61. The first-order valence-corrected chi connectivity index (χ1v) is 17.1. The van der Waals surface area contributed by atoms with E-state index >= 15 is 0 Å². The molecule has 0 atom stereocenters. The number of hydrogen-bond acceptors (Lipinski definition) is 9. The second-order valence-electron chi connectivity index (χ2n) is 10.5. The lowest BCUT2D eigenvalue weighted by Crippen LogP contribution is -2.14. The zero-order valence-corrected chi connectivity index (χ0v) is 26.9. The van der Waals surface area contributed by atoms with Gasteiger partial charge in [0.15, 0.2) is 5.65 Å². The molecule has 0 amide bonds. The molecule has 3 aromatic carbocycles. The van der Waals surface area contributed by atoms with Gasteiger partial charge in [0.1, 0.15) is 22.9 Å². The fraction of sp³-hybridized carbons (Fsp3) is 0.212. The van der Waals surface area contributed by atoms with Crippen LogP contribution in [0.15, 0.2) is 94.9 Å². The van der Waals surface area contributed by atoms with Crippen molar-refractivity contribution in [1.29, 1.82) is 0 Å². The molecule has 2 heterocycles. The molecule has 10 nitrogen and oxygen atoms in total. The van der Waals surface area contributed by atoms with E-state index in [2.05, 4.69) is 4.98 Å². The standard InChI is InChI=1S/C33H31FN2O8S2/c1-22-10-4-6-13-30(22)45(38,39)36-18-17-24-20-29(44-28-21-25(34)15-16-26(28)33(37)42-3)27(35-32(24)36)12-8-9-19-43-46(40,41)31-14-7-5-11-23(31)2/h4-7,10-11,13-18,20-21H,8-9,12,19H2,1-3H3. The second kappa shape index (κ2) is 13.4. The van der Waals surface area contributed by atoms with Gasteiger partial charge in [-0.3, -0.25) is 4.18 Å². The summed E-state index contributed by atoms with van der Waals surface area (Å²) in [4.78, 5) is 17.3. The summed E-state index contributed by atoms with van der Waals surface area (Å²) in [6.45, 7) is 3.27. The number of halogens is 1. The first-order chi connectivity index (χ1) is 21.9. The van der Waals surface area contributed by atoms with Crippen molar-refractivity contribution in [3.63, 3.8) is 0 Å². The van der Waals surface area contributed by atoms with Gasteiger partial charge in [-0.05, 0) is 80.6 Å². The number of carbonyl (C=O) groups excluding carboxylic acids is 1. The van der Waals surface area contributed by atoms with Crippen LogP contribution in [-0.4, -0.2) is 45.5 Å². The van der Waals surface area contributed by atoms with Crippen molar-refractivity contribution >= 4 is 37.1 Å². The number of benzene rings is 3. The Kier molecular flexibility index (Phi) is 9.56. The van der Waals surface area contributed by atoms with E-state index in [0.29, 0.717) is 35.0 Å². The summed E-state index contributed by atoms with van der Waals surface area (Å²) in [6.07, 6.45) is 2.27. The van der Waals surface area contributed by atoms with Gasteiger partial charge in [0.2, 0.25) is 0 Å². The molecule has 0 unspecified atom stereocenters. The van der Waals surface area contributed by atoms with Gasteiger partial charge >= 0.3 is 5.97 Å². The average Bonchev–Trinajstić information content (AvgIpc) is 3.44. The predicted octanol–water partition coefficient (Wildman–Crippen LogP) is 6.34. The second-order valence-corrected chi connectivity index (χ2v) is 13.8. The van der Waals surface area contributed by atoms with Crippen LogP contribution < -0.4 is 4.74 Å². The largest absolute Gasteiger partial charge is 0.465 e. The van der Waals surface area contributed by atoms with E-state index in [1.165, 1.54) is 31.5 Å². The summed E-state index contributed by atoms with van der Waals surface area (Å²) in [7, 11) is -6.81. The van der Waals surface area contributed by atoms with Crippen molar-refractivity contribution in [1.82, 2.24) is 8.96 Å². The van der Waals surface area contributed by atoms with Crippen LogP contribution in [0.25, 0.3) is 11.0 Å². The highest BCUT2D eigenvalue weighted by Gasteiger charge is 2.24. The van der Waals surface area contributed by atoms with Crippen molar-refractivity contribution in [2.45, 2.75) is 42.9 Å². The minimum atomic E-state index is -4.03. The van der Waals surface area contributed by atoms with Crippen LogP contribution in [0.5, 0.6) is 11.5 Å². The molecule has 0 saturated heterocycles. The van der Waals surface area contributed by atoms with Crippen LogP contribution in [0.2, 0.25) is 0 Å². The van der Waals surface area contributed by atoms with Gasteiger partial charge in [-0.1, -0.05) is 36.4 Å². The molecular weight excluding hydrogens is 636 g/mol. The Balaban J connectivity index is 1.47. The first kappa shape index (κ1) is 32.8. The van der Waals surface area contributed by atoms with Crippen LogP contribution in [0, 0.1) is 19.7 Å². The number of fused-ring (bicyclic) bond motifs is 1. The summed E-state index contributed by atoms with van der Waals surface area (Å²) in [5.41, 5.74) is 1.54. The maximum Gasteiger partial charge on any atom is 0.341 e. The average molecular weight is 667 g/mol. The minimum absolute atomic E-state index is 0.0236. The number of aromatic nitrogens is 2. The molecule has 0 N–H and O–H groups in total. The molecule has 2 aromatic heterocycles. The van der Waals surface area contributed by atoms with Gasteiger partial charge in [-0.25, -0.2) is 26.6 Å². The summed E-state index contributed by atoms with van der Waals surface area (Å²) in [6, 6.07) is 19.6. The van der Waals surface area contributed by atoms with Gasteiger partial charge in [-0.15, -0.1) is 0 Å². The van der Waals surface area contributed by atoms with Crippen LogP contribution in [0.3, 0.4) is 0 Å². The Labute approximate surface area is 266 Å². The Morgan fingerprint density at radius 2 is 1.52 bits per heavy atom. The molecule has 240 valence electrons. The molecule has 0 bridgehead atoms. The van der Waals surface area contributed by atoms with E-state index in [0.717, 1.165) is 16.1 Å². The Morgan fingerprint density at radius 1 is 0.848 bits per heavy atom. The van der Waals surface area contributed by atoms with E-state index < -0.39 is 31.9 Å². The van der Waals surface area contributed by atoms with Crippen molar-refractivity contribution < 1.29 is 39.7 Å². The highest BCUT2D eigenvalue weighted by molar-refractivity contribution is 7.90. The SMILES string of the molecule is COC(=O)c1ccc(F)cc1Oc1cc2ccn(S(=O)(=O)c3ccccc3C)c2nc1CCCCOS(=O)(=O)c1ccccc1C. The van der Waals surface area contributed by atoms with Gasteiger partial charge in [0.25, 0.3) is 20.1 Å². The number of nitrogens with zero attached hydrogens (tertiary/aromatic N) is 2. The van der Waals surface area contributed by atoms with Crippen LogP contribution >= 0.6 is 0 Å². The van der Waals surface area contributed by atoms with E-state index in [-0.39, 0.29) is 45.5 Å². The predicted molar refractivity (Wildman–Crippen MR) is 169 cm³/mol. The molecular formula is C33H31FN2O8S2. The summed E-state index contributed by atoms with van der Waals surface area (Å²) in [5, 5.41) is 0.416. The number of pyridine rings is 1. The number of esters is 1. The number of aryl methyl sites for hydroxylation is 3. The number of rotatable bonds is 12. The molecule has 0 aliphatic carbocycles. The Morgan fingerprint density at radius 3 is 2.20 bits per heavy atom. The number of methoxy groups -OCH3 is 1. The maximum absolute atomic E-state index is 14.2. The molecule has 0 fully saturated rings. The number of ether oxygens (including phenoxy) is 2. The van der Waals surface area contributed by atoms with Gasteiger partial charge < -0.3 is 9.47 Å². The lowest BCUT2D eigenvalue weighted by molar-refractivity contribution is 0.0597. The Hall–Kier alpha value is -4.59. The topological polar surface area (TPSA) is 131 Å². The van der Waals surface area contributed by atoms with Crippen molar-refractivity contribution in [2.75, 3.05) is 13.7 Å². The maximum atomic E-state index is 14.2. The molecule has 0 aliphatic heterocycles. The first-order valence-electron chi connectivity index (χ1n) is 14.3. The molecule has 46 heavy (non-hydrogen) atoms. The van der Waals surface area contributed by atoms with Crippen molar-refractivity contribution in [3.05, 3.63) is 113 Å². The third-order valence-corrected chi connectivity index (χ3v) is 10.6. The van der Waals surface area contributed by atoms with E-state index in [1.807, 2.05) is 0 Å². The molecule has 0 radical (unpaired) electrons. The summed E-state index contributed by atoms with van der Waals surface area (Å²) < 4.78 is 84.2. The lowest BCUT2D eigenvalue weighted by atomic mass is 10.1. The number of carbonyl (C=O) groups is 1. The number of unbranched alkanes of at least 4 members (excludes halogenated alkanes) is 1. The highest BCUT2D eigenvalue weighted by atomic mass is 32.2. The normalized spacial score (nSPS) is 11.9. The number of hydrogen-bond donors (Lipinski definition) is 0. The highest BCUT2D eigenvalue weighted by Crippen LogP contribution is 2.33. The van der Waals surface area contributed by atoms with E-state index in [1.54, 1.807) is 62.4 Å². The third-order valence-electron chi connectivity index (χ3n) is 7.28. The Bertz CT molecular complexity index is 2140. The van der Waals surface area contributed by atoms with Crippen molar-refractivity contribution in [3.8, 4) is 11.5 Å². The van der Waals surface area contributed by atoms with Crippen LogP contribution in [0.1, 0.15) is 40.0 Å². The van der Waals surface area contributed by atoms with Crippen LogP contribution in [0.4, 0.5) is 4.39 Å². The molecule has 0 aliphatic rings. The van der Waals surface area contributed by atoms with Crippen LogP contribution in [-0.2, 0) is 35.5 Å². The fourth-order valence-electron chi connectivity index (χ4n) is 4.91. The third kappa shape index (κ3) is 6.81. The quantitative estimate of drug-likeness (QED) is 0.0851. The molecule has 5 aromatic rings. The van der Waals surface area contributed by atoms with Gasteiger partial charge in [-0.2, -0.15) is 8.42 Å². The summed E-state index contributed by atoms with van der Waals surface area (Å²) >= 11 is 0. The smallest absolute Gasteiger partial charge is 0.341 e.